The molecule has 0 spiro atoms. The molecule has 0 bridgehead atoms. The minimum atomic E-state index is 0.140. The fourth-order valence-electron chi connectivity index (χ4n) is 2.27. The van der Waals surface area contributed by atoms with Gasteiger partial charge in [0, 0.05) is 6.61 Å². The lowest BCUT2D eigenvalue weighted by molar-refractivity contribution is 0.0472. The van der Waals surface area contributed by atoms with Gasteiger partial charge in [0.15, 0.2) is 0 Å². The molecule has 1 aromatic rings. The minimum Gasteiger partial charge on any atom is -0.491 e. The van der Waals surface area contributed by atoms with E-state index in [1.807, 2.05) is 32.9 Å². The quantitative estimate of drug-likeness (QED) is 0.742. The van der Waals surface area contributed by atoms with E-state index in [1.165, 1.54) is 5.56 Å². The minimum absolute atomic E-state index is 0.140. The topological polar surface area (TPSA) is 30.5 Å². The number of hydrogen-bond donors (Lipinski definition) is 1. The molecule has 1 aromatic carbocycles. The molecule has 0 saturated heterocycles. The predicted octanol–water partition coefficient (Wildman–Crippen LogP) is 3.94. The molecule has 20 heavy (non-hydrogen) atoms. The van der Waals surface area contributed by atoms with Gasteiger partial charge in [0.25, 0.3) is 0 Å². The second kappa shape index (κ2) is 8.98. The highest BCUT2D eigenvalue weighted by Crippen LogP contribution is 2.24. The van der Waals surface area contributed by atoms with Gasteiger partial charge in [-0.3, -0.25) is 0 Å². The van der Waals surface area contributed by atoms with E-state index in [0.717, 1.165) is 25.3 Å². The smallest absolute Gasteiger partial charge is 0.120 e. The summed E-state index contributed by atoms with van der Waals surface area (Å²) in [7, 11) is 0. The second-order valence-corrected chi connectivity index (χ2v) is 5.33. The van der Waals surface area contributed by atoms with E-state index in [1.54, 1.807) is 0 Å². The average Bonchev–Trinajstić information content (AvgIpc) is 2.39. The van der Waals surface area contributed by atoms with Gasteiger partial charge in [-0.2, -0.15) is 0 Å². The molecule has 0 heterocycles. The van der Waals surface area contributed by atoms with Gasteiger partial charge in [0.05, 0.1) is 18.2 Å². The molecule has 2 atom stereocenters. The van der Waals surface area contributed by atoms with Crippen molar-refractivity contribution < 1.29 is 9.47 Å². The fraction of sp³-hybridized carbons (Fsp3) is 0.647. The van der Waals surface area contributed by atoms with Crippen LogP contribution in [0.15, 0.2) is 24.3 Å². The predicted molar refractivity (Wildman–Crippen MR) is 84.3 cm³/mol. The van der Waals surface area contributed by atoms with Crippen LogP contribution in [0.2, 0.25) is 0 Å². The van der Waals surface area contributed by atoms with E-state index < -0.39 is 0 Å². The molecule has 0 aliphatic carbocycles. The van der Waals surface area contributed by atoms with E-state index in [0.29, 0.717) is 0 Å². The van der Waals surface area contributed by atoms with Gasteiger partial charge in [-0.15, -0.1) is 0 Å². The van der Waals surface area contributed by atoms with Crippen molar-refractivity contribution in [2.75, 3.05) is 13.2 Å². The molecular weight excluding hydrogens is 250 g/mol. The van der Waals surface area contributed by atoms with Gasteiger partial charge in [0.2, 0.25) is 0 Å². The number of rotatable bonds is 9. The van der Waals surface area contributed by atoms with Crippen LogP contribution in [0.4, 0.5) is 0 Å². The summed E-state index contributed by atoms with van der Waals surface area (Å²) in [5.41, 5.74) is 1.22. The van der Waals surface area contributed by atoms with E-state index in [-0.39, 0.29) is 18.2 Å². The number of benzene rings is 1. The summed E-state index contributed by atoms with van der Waals surface area (Å²) >= 11 is 0. The van der Waals surface area contributed by atoms with Crippen LogP contribution < -0.4 is 10.1 Å². The van der Waals surface area contributed by atoms with Crippen molar-refractivity contribution >= 4 is 0 Å². The first-order valence-corrected chi connectivity index (χ1v) is 7.70. The zero-order valence-electron chi connectivity index (χ0n) is 13.5. The molecule has 3 heteroatoms. The Hall–Kier alpha value is -1.06. The van der Waals surface area contributed by atoms with Crippen molar-refractivity contribution in [3.8, 4) is 5.75 Å². The third-order valence-corrected chi connectivity index (χ3v) is 3.10. The lowest BCUT2D eigenvalue weighted by atomic mass is 10.0. The van der Waals surface area contributed by atoms with Crippen molar-refractivity contribution in [1.29, 1.82) is 0 Å². The summed E-state index contributed by atoms with van der Waals surface area (Å²) in [5.74, 6) is 0.921. The summed E-state index contributed by atoms with van der Waals surface area (Å²) in [6.07, 6.45) is 1.44. The summed E-state index contributed by atoms with van der Waals surface area (Å²) in [4.78, 5) is 0. The summed E-state index contributed by atoms with van der Waals surface area (Å²) in [6, 6.07) is 8.50. The monoisotopic (exact) mass is 279 g/mol. The van der Waals surface area contributed by atoms with Crippen LogP contribution in [0.25, 0.3) is 0 Å². The molecule has 114 valence electrons. The molecule has 0 fully saturated rings. The van der Waals surface area contributed by atoms with Gasteiger partial charge in [0.1, 0.15) is 5.75 Å². The van der Waals surface area contributed by atoms with E-state index in [2.05, 4.69) is 31.3 Å². The van der Waals surface area contributed by atoms with Crippen LogP contribution in [0, 0.1) is 0 Å². The van der Waals surface area contributed by atoms with Gasteiger partial charge in [-0.05, 0) is 58.4 Å². The van der Waals surface area contributed by atoms with Gasteiger partial charge in [-0.1, -0.05) is 19.1 Å². The maximum absolute atomic E-state index is 5.78. The van der Waals surface area contributed by atoms with Crippen LogP contribution >= 0.6 is 0 Å². The van der Waals surface area contributed by atoms with Crippen LogP contribution in [0.3, 0.4) is 0 Å². The van der Waals surface area contributed by atoms with E-state index in [4.69, 9.17) is 9.47 Å². The van der Waals surface area contributed by atoms with Crippen LogP contribution in [0.1, 0.15) is 52.6 Å². The van der Waals surface area contributed by atoms with E-state index in [9.17, 15) is 0 Å². The molecule has 3 nitrogen and oxygen atoms in total. The van der Waals surface area contributed by atoms with Crippen LogP contribution in [0.5, 0.6) is 5.75 Å². The molecule has 1 rings (SSSR count). The first-order chi connectivity index (χ1) is 9.58. The fourth-order valence-corrected chi connectivity index (χ4v) is 2.27. The molecule has 0 aliphatic rings. The van der Waals surface area contributed by atoms with Gasteiger partial charge >= 0.3 is 0 Å². The molecule has 0 aliphatic heterocycles. The third-order valence-electron chi connectivity index (χ3n) is 3.10. The summed E-state index contributed by atoms with van der Waals surface area (Å²) in [6.45, 7) is 12.1. The maximum atomic E-state index is 5.78. The molecule has 0 aromatic heterocycles. The van der Waals surface area contributed by atoms with Crippen molar-refractivity contribution in [3.05, 3.63) is 29.8 Å². The first kappa shape index (κ1) is 17.0. The highest BCUT2D eigenvalue weighted by Gasteiger charge is 2.19. The first-order valence-electron chi connectivity index (χ1n) is 7.70. The summed E-state index contributed by atoms with van der Waals surface area (Å²) in [5, 5.41) is 3.57. The zero-order chi connectivity index (χ0) is 15.0. The lowest BCUT2D eigenvalue weighted by Crippen LogP contribution is -2.32. The largest absolute Gasteiger partial charge is 0.491 e. The average molecular weight is 279 g/mol. The van der Waals surface area contributed by atoms with Crippen molar-refractivity contribution in [1.82, 2.24) is 5.32 Å². The Kier molecular flexibility index (Phi) is 7.63. The summed E-state index contributed by atoms with van der Waals surface area (Å²) < 4.78 is 11.6. The number of nitrogens with one attached hydrogen (secondary N) is 1. The Morgan fingerprint density at radius 1 is 1.15 bits per heavy atom. The molecular formula is C17H29NO2. The Bertz CT molecular complexity index is 379. The molecule has 2 unspecified atom stereocenters. The van der Waals surface area contributed by atoms with Crippen molar-refractivity contribution in [2.45, 2.75) is 59.3 Å². The van der Waals surface area contributed by atoms with Crippen LogP contribution in [-0.4, -0.2) is 25.4 Å². The third kappa shape index (κ3) is 5.51. The molecule has 0 amide bonds. The zero-order valence-corrected chi connectivity index (χ0v) is 13.5. The highest BCUT2D eigenvalue weighted by atomic mass is 16.5. The maximum Gasteiger partial charge on any atom is 0.120 e. The van der Waals surface area contributed by atoms with Gasteiger partial charge in [-0.25, -0.2) is 0 Å². The lowest BCUT2D eigenvalue weighted by Gasteiger charge is -2.26. The molecule has 1 N–H and O–H groups in total. The second-order valence-electron chi connectivity index (χ2n) is 5.33. The number of hydrogen-bond acceptors (Lipinski definition) is 3. The normalized spacial score (nSPS) is 14.3. The van der Waals surface area contributed by atoms with Crippen molar-refractivity contribution in [3.63, 3.8) is 0 Å². The Morgan fingerprint density at radius 3 is 2.50 bits per heavy atom. The molecule has 0 radical (unpaired) electrons. The molecule has 0 saturated carbocycles. The van der Waals surface area contributed by atoms with Crippen molar-refractivity contribution in [2.24, 2.45) is 0 Å². The van der Waals surface area contributed by atoms with Gasteiger partial charge < -0.3 is 14.8 Å². The Balaban J connectivity index is 2.88. The Morgan fingerprint density at radius 2 is 1.90 bits per heavy atom. The standard InChI is InChI=1S/C17H29NO2/c1-6-11-18-17(14(5)19-7-2)15-9-8-10-16(12-15)20-13(3)4/h8-10,12-14,17-18H,6-7,11H2,1-5H3. The van der Waals surface area contributed by atoms with E-state index >= 15 is 0 Å². The van der Waals surface area contributed by atoms with Crippen LogP contribution in [-0.2, 0) is 4.74 Å². The Labute approximate surface area is 123 Å². The highest BCUT2D eigenvalue weighted by molar-refractivity contribution is 5.31. The SMILES string of the molecule is CCCNC(c1cccc(OC(C)C)c1)C(C)OCC. The number of ether oxygens (including phenoxy) is 2.